The minimum atomic E-state index is -3.56. The molecule has 1 saturated heterocycles. The SMILES string of the molecule is COc1ncc(-c2ccc3ncc(C(F)F)c(N4CCOCC4)c3c2)cc1NS(C)(=O)=O. The Bertz CT molecular complexity index is 1250. The molecule has 0 atom stereocenters. The molecule has 11 heteroatoms. The zero-order valence-corrected chi connectivity index (χ0v) is 18.3. The van der Waals surface area contributed by atoms with Gasteiger partial charge in [0.2, 0.25) is 15.9 Å². The Labute approximate surface area is 184 Å². The van der Waals surface area contributed by atoms with Crippen molar-refractivity contribution < 1.29 is 26.7 Å². The van der Waals surface area contributed by atoms with E-state index in [4.69, 9.17) is 9.47 Å². The maximum absolute atomic E-state index is 13.8. The molecule has 32 heavy (non-hydrogen) atoms. The molecular formula is C21H22F2N4O4S. The number of nitrogens with zero attached hydrogens (tertiary/aromatic N) is 3. The number of hydrogen-bond donors (Lipinski definition) is 1. The number of fused-ring (bicyclic) bond motifs is 1. The van der Waals surface area contributed by atoms with Crippen molar-refractivity contribution >= 4 is 32.3 Å². The van der Waals surface area contributed by atoms with Gasteiger partial charge in [-0.3, -0.25) is 9.71 Å². The molecule has 3 aromatic rings. The Hall–Kier alpha value is -3.05. The van der Waals surface area contributed by atoms with Gasteiger partial charge in [-0.25, -0.2) is 22.2 Å². The summed E-state index contributed by atoms with van der Waals surface area (Å²) in [6, 6.07) is 6.89. The lowest BCUT2D eigenvalue weighted by Crippen LogP contribution is -2.37. The molecular weight excluding hydrogens is 442 g/mol. The van der Waals surface area contributed by atoms with Crippen LogP contribution in [0.4, 0.5) is 20.2 Å². The van der Waals surface area contributed by atoms with E-state index >= 15 is 0 Å². The van der Waals surface area contributed by atoms with E-state index in [-0.39, 0.29) is 17.1 Å². The molecule has 1 N–H and O–H groups in total. The summed E-state index contributed by atoms with van der Waals surface area (Å²) in [4.78, 5) is 10.3. The second-order valence-electron chi connectivity index (χ2n) is 7.35. The molecule has 1 aromatic carbocycles. The first-order chi connectivity index (χ1) is 15.3. The first-order valence-corrected chi connectivity index (χ1v) is 11.7. The van der Waals surface area contributed by atoms with E-state index in [1.165, 1.54) is 19.5 Å². The number of sulfonamides is 1. The molecule has 0 saturated carbocycles. The summed E-state index contributed by atoms with van der Waals surface area (Å²) >= 11 is 0. The molecule has 1 aliphatic rings. The Balaban J connectivity index is 1.87. The summed E-state index contributed by atoms with van der Waals surface area (Å²) in [5.41, 5.74) is 2.33. The lowest BCUT2D eigenvalue weighted by molar-refractivity contribution is 0.121. The first kappa shape index (κ1) is 22.2. The number of alkyl halides is 2. The van der Waals surface area contributed by atoms with Gasteiger partial charge in [-0.05, 0) is 23.8 Å². The highest BCUT2D eigenvalue weighted by Crippen LogP contribution is 2.38. The lowest BCUT2D eigenvalue weighted by Gasteiger charge is -2.31. The number of halogens is 2. The van der Waals surface area contributed by atoms with Crippen molar-refractivity contribution in [3.63, 3.8) is 0 Å². The summed E-state index contributed by atoms with van der Waals surface area (Å²) in [6.45, 7) is 1.90. The number of ether oxygens (including phenoxy) is 2. The molecule has 0 bridgehead atoms. The van der Waals surface area contributed by atoms with Crippen LogP contribution in [0.3, 0.4) is 0 Å². The predicted octanol–water partition coefficient (Wildman–Crippen LogP) is 3.45. The molecule has 3 heterocycles. The molecule has 1 aliphatic heterocycles. The van der Waals surface area contributed by atoms with Crippen LogP contribution in [0, 0.1) is 0 Å². The number of pyridine rings is 2. The van der Waals surface area contributed by atoms with Gasteiger partial charge in [-0.2, -0.15) is 0 Å². The molecule has 0 amide bonds. The minimum absolute atomic E-state index is 0.121. The third-order valence-electron chi connectivity index (χ3n) is 5.10. The fourth-order valence-electron chi connectivity index (χ4n) is 3.72. The maximum atomic E-state index is 13.8. The van der Waals surface area contributed by atoms with Crippen LogP contribution in [-0.4, -0.2) is 58.1 Å². The van der Waals surface area contributed by atoms with Crippen LogP contribution in [0.2, 0.25) is 0 Å². The molecule has 0 radical (unpaired) electrons. The summed E-state index contributed by atoms with van der Waals surface area (Å²) in [5, 5.41) is 0.579. The van der Waals surface area contributed by atoms with Crippen LogP contribution in [0.1, 0.15) is 12.0 Å². The number of nitrogens with one attached hydrogen (secondary N) is 1. The number of morpholine rings is 1. The minimum Gasteiger partial charge on any atom is -0.480 e. The van der Waals surface area contributed by atoms with Crippen molar-refractivity contribution in [3.05, 3.63) is 42.2 Å². The summed E-state index contributed by atoms with van der Waals surface area (Å²) < 4.78 is 64.0. The Kier molecular flexibility index (Phi) is 6.11. The number of rotatable bonds is 6. The van der Waals surface area contributed by atoms with Crippen molar-refractivity contribution in [1.29, 1.82) is 0 Å². The van der Waals surface area contributed by atoms with Crippen molar-refractivity contribution in [1.82, 2.24) is 9.97 Å². The van der Waals surface area contributed by atoms with Gasteiger partial charge in [0.25, 0.3) is 6.43 Å². The van der Waals surface area contributed by atoms with Gasteiger partial charge in [0, 0.05) is 36.4 Å². The second kappa shape index (κ2) is 8.83. The number of hydrogen-bond acceptors (Lipinski definition) is 7. The zero-order chi connectivity index (χ0) is 22.9. The van der Waals surface area contributed by atoms with Crippen molar-refractivity contribution in [2.24, 2.45) is 0 Å². The molecule has 0 aliphatic carbocycles. The van der Waals surface area contributed by atoms with E-state index in [0.29, 0.717) is 54.0 Å². The van der Waals surface area contributed by atoms with Gasteiger partial charge in [0.1, 0.15) is 5.69 Å². The lowest BCUT2D eigenvalue weighted by atomic mass is 10.0. The fourth-order valence-corrected chi connectivity index (χ4v) is 4.26. The molecule has 0 spiro atoms. The summed E-state index contributed by atoms with van der Waals surface area (Å²) in [6.07, 6.45) is 1.11. The number of anilines is 2. The number of aromatic nitrogens is 2. The fraction of sp³-hybridized carbons (Fsp3) is 0.333. The normalized spacial score (nSPS) is 14.7. The molecule has 1 fully saturated rings. The first-order valence-electron chi connectivity index (χ1n) is 9.82. The zero-order valence-electron chi connectivity index (χ0n) is 17.5. The smallest absolute Gasteiger partial charge is 0.267 e. The van der Waals surface area contributed by atoms with Crippen molar-refractivity contribution in [2.75, 3.05) is 49.3 Å². The van der Waals surface area contributed by atoms with Crippen molar-refractivity contribution in [3.8, 4) is 17.0 Å². The van der Waals surface area contributed by atoms with E-state index < -0.39 is 16.4 Å². The topological polar surface area (TPSA) is 93.7 Å². The van der Waals surface area contributed by atoms with Crippen LogP contribution >= 0.6 is 0 Å². The van der Waals surface area contributed by atoms with Gasteiger partial charge in [0.15, 0.2) is 0 Å². The average molecular weight is 464 g/mol. The van der Waals surface area contributed by atoms with Gasteiger partial charge in [-0.1, -0.05) is 6.07 Å². The van der Waals surface area contributed by atoms with Gasteiger partial charge >= 0.3 is 0 Å². The second-order valence-corrected chi connectivity index (χ2v) is 9.10. The Morgan fingerprint density at radius 3 is 2.53 bits per heavy atom. The van der Waals surface area contributed by atoms with Crippen LogP contribution < -0.4 is 14.4 Å². The highest BCUT2D eigenvalue weighted by Gasteiger charge is 2.23. The Morgan fingerprint density at radius 2 is 1.88 bits per heavy atom. The predicted molar refractivity (Wildman–Crippen MR) is 118 cm³/mol. The third-order valence-corrected chi connectivity index (χ3v) is 5.69. The van der Waals surface area contributed by atoms with Crippen LogP contribution in [0.5, 0.6) is 5.88 Å². The van der Waals surface area contributed by atoms with Crippen LogP contribution in [-0.2, 0) is 14.8 Å². The maximum Gasteiger partial charge on any atom is 0.267 e. The number of benzene rings is 1. The van der Waals surface area contributed by atoms with E-state index in [1.807, 2.05) is 4.90 Å². The van der Waals surface area contributed by atoms with Crippen molar-refractivity contribution in [2.45, 2.75) is 6.43 Å². The highest BCUT2D eigenvalue weighted by atomic mass is 32.2. The molecule has 2 aromatic heterocycles. The van der Waals surface area contributed by atoms with Crippen LogP contribution in [0.25, 0.3) is 22.0 Å². The van der Waals surface area contributed by atoms with Gasteiger partial charge in [0.05, 0.1) is 43.3 Å². The molecule has 0 unspecified atom stereocenters. The molecule has 8 nitrogen and oxygen atoms in total. The highest BCUT2D eigenvalue weighted by molar-refractivity contribution is 7.92. The monoisotopic (exact) mass is 464 g/mol. The molecule has 4 rings (SSSR count). The quantitative estimate of drug-likeness (QED) is 0.597. The average Bonchev–Trinajstić information content (AvgIpc) is 2.77. The van der Waals surface area contributed by atoms with E-state index in [1.54, 1.807) is 24.3 Å². The van der Waals surface area contributed by atoms with Crippen LogP contribution in [0.15, 0.2) is 36.7 Å². The standard InChI is InChI=1S/C21H22F2N4O4S/c1-30-21-18(26-32(2,28)29)10-14(11-25-21)13-3-4-17-15(9-13)19(16(12-24-17)20(22)23)27-5-7-31-8-6-27/h3-4,9-12,20,26H,5-8H2,1-2H3. The summed E-state index contributed by atoms with van der Waals surface area (Å²) in [7, 11) is -2.18. The number of methoxy groups -OCH3 is 1. The Morgan fingerprint density at radius 1 is 1.12 bits per heavy atom. The van der Waals surface area contributed by atoms with Gasteiger partial charge < -0.3 is 14.4 Å². The molecule has 170 valence electrons. The van der Waals surface area contributed by atoms with Gasteiger partial charge in [-0.15, -0.1) is 0 Å². The summed E-state index contributed by atoms with van der Waals surface area (Å²) in [5.74, 6) is 0.121. The van der Waals surface area contributed by atoms with E-state index in [9.17, 15) is 17.2 Å². The largest absolute Gasteiger partial charge is 0.480 e. The third kappa shape index (κ3) is 4.58. The van der Waals surface area contributed by atoms with E-state index in [2.05, 4.69) is 14.7 Å². The van der Waals surface area contributed by atoms with E-state index in [0.717, 1.165) is 6.26 Å².